The molecule has 0 fully saturated rings. The fourth-order valence-electron chi connectivity index (χ4n) is 2.80. The summed E-state index contributed by atoms with van der Waals surface area (Å²) in [7, 11) is 1.69. The molecule has 2 aromatic carbocycles. The minimum atomic E-state index is -0.440. The first-order valence-electron chi connectivity index (χ1n) is 7.64. The number of hydrogen-bond acceptors (Lipinski definition) is 5. The molecule has 2 aromatic rings. The second kappa shape index (κ2) is 6.54. The number of rotatable bonds is 4. The Morgan fingerprint density at radius 3 is 2.67 bits per heavy atom. The standard InChI is InChI=1S/C18H17N3O3/c1-19-17-10-14(21(23)24)8-9-16(17)20-11-13-7-6-12-4-2-3-5-15(12)18(13)22/h2-5,8-11,19-20H,6-7H2,1H3. The number of carbonyl (C=O) groups excluding carboxylic acids is 1. The van der Waals surface area contributed by atoms with Crippen LogP contribution in [0.3, 0.4) is 0 Å². The Morgan fingerprint density at radius 1 is 1.12 bits per heavy atom. The Bertz CT molecular complexity index is 843. The summed E-state index contributed by atoms with van der Waals surface area (Å²) < 4.78 is 0. The number of nitro benzene ring substituents is 1. The molecule has 122 valence electrons. The van der Waals surface area contributed by atoms with Crippen LogP contribution in [0.1, 0.15) is 22.3 Å². The highest BCUT2D eigenvalue weighted by atomic mass is 16.6. The number of allylic oxidation sites excluding steroid dienone is 1. The average Bonchev–Trinajstić information content (AvgIpc) is 2.61. The van der Waals surface area contributed by atoms with E-state index in [2.05, 4.69) is 10.6 Å². The van der Waals surface area contributed by atoms with E-state index in [4.69, 9.17) is 0 Å². The van der Waals surface area contributed by atoms with E-state index in [1.54, 1.807) is 19.3 Å². The van der Waals surface area contributed by atoms with Crippen LogP contribution in [0.15, 0.2) is 54.2 Å². The lowest BCUT2D eigenvalue weighted by molar-refractivity contribution is -0.384. The van der Waals surface area contributed by atoms with E-state index in [1.807, 2.05) is 24.3 Å². The smallest absolute Gasteiger partial charge is 0.271 e. The van der Waals surface area contributed by atoms with Crippen LogP contribution in [-0.2, 0) is 6.42 Å². The van der Waals surface area contributed by atoms with E-state index < -0.39 is 4.92 Å². The van der Waals surface area contributed by atoms with Crippen molar-refractivity contribution in [3.05, 3.63) is 75.5 Å². The van der Waals surface area contributed by atoms with Gasteiger partial charge >= 0.3 is 0 Å². The summed E-state index contributed by atoms with van der Waals surface area (Å²) in [6.07, 6.45) is 3.19. The molecule has 0 heterocycles. The van der Waals surface area contributed by atoms with Gasteiger partial charge in [0.2, 0.25) is 0 Å². The summed E-state index contributed by atoms with van der Waals surface area (Å²) in [6, 6.07) is 12.1. The highest BCUT2D eigenvalue weighted by molar-refractivity contribution is 6.10. The van der Waals surface area contributed by atoms with E-state index in [0.29, 0.717) is 23.4 Å². The Balaban J connectivity index is 1.84. The number of fused-ring (bicyclic) bond motifs is 1. The average molecular weight is 323 g/mol. The maximum Gasteiger partial charge on any atom is 0.271 e. The van der Waals surface area contributed by atoms with Crippen molar-refractivity contribution in [3.63, 3.8) is 0 Å². The molecule has 1 aliphatic rings. The van der Waals surface area contributed by atoms with E-state index >= 15 is 0 Å². The molecule has 0 aliphatic heterocycles. The molecule has 6 nitrogen and oxygen atoms in total. The van der Waals surface area contributed by atoms with Crippen molar-refractivity contribution in [1.29, 1.82) is 0 Å². The molecule has 0 bridgehead atoms. The van der Waals surface area contributed by atoms with Crippen LogP contribution < -0.4 is 10.6 Å². The fraction of sp³-hybridized carbons (Fsp3) is 0.167. The van der Waals surface area contributed by atoms with Crippen LogP contribution in [0, 0.1) is 10.1 Å². The molecule has 0 saturated carbocycles. The molecule has 1 aliphatic carbocycles. The molecule has 0 spiro atoms. The molecule has 0 aromatic heterocycles. The van der Waals surface area contributed by atoms with Crippen molar-refractivity contribution in [2.75, 3.05) is 17.7 Å². The maximum absolute atomic E-state index is 12.5. The van der Waals surface area contributed by atoms with Crippen molar-refractivity contribution in [2.24, 2.45) is 0 Å². The molecule has 0 atom stereocenters. The van der Waals surface area contributed by atoms with E-state index in [0.717, 1.165) is 17.5 Å². The minimum absolute atomic E-state index is 0.0141. The van der Waals surface area contributed by atoms with E-state index in [9.17, 15) is 14.9 Å². The number of hydrogen-bond donors (Lipinski definition) is 2. The summed E-state index contributed by atoms with van der Waals surface area (Å²) in [4.78, 5) is 22.9. The SMILES string of the molecule is CNc1cc([N+](=O)[O-])ccc1NC=C1CCc2ccccc2C1=O. The highest BCUT2D eigenvalue weighted by Crippen LogP contribution is 2.28. The lowest BCUT2D eigenvalue weighted by atomic mass is 9.87. The Kier molecular flexibility index (Phi) is 4.29. The number of carbonyl (C=O) groups is 1. The summed E-state index contributed by atoms with van der Waals surface area (Å²) in [5, 5.41) is 16.9. The number of benzene rings is 2. The highest BCUT2D eigenvalue weighted by Gasteiger charge is 2.21. The quantitative estimate of drug-likeness (QED) is 0.508. The number of non-ortho nitro benzene ring substituents is 1. The molecule has 3 rings (SSSR count). The normalized spacial score (nSPS) is 15.0. The van der Waals surface area contributed by atoms with Gasteiger partial charge in [0.25, 0.3) is 5.69 Å². The maximum atomic E-state index is 12.5. The van der Waals surface area contributed by atoms with Gasteiger partial charge < -0.3 is 10.6 Å². The van der Waals surface area contributed by atoms with Crippen molar-refractivity contribution >= 4 is 22.8 Å². The fourth-order valence-corrected chi connectivity index (χ4v) is 2.80. The zero-order valence-corrected chi connectivity index (χ0v) is 13.2. The third-order valence-corrected chi connectivity index (χ3v) is 4.10. The van der Waals surface area contributed by atoms with Crippen molar-refractivity contribution in [1.82, 2.24) is 0 Å². The van der Waals surface area contributed by atoms with Crippen LogP contribution in [0.25, 0.3) is 0 Å². The van der Waals surface area contributed by atoms with Crippen LogP contribution in [0.5, 0.6) is 0 Å². The molecule has 0 amide bonds. The number of Topliss-reactive ketones (excluding diaryl/α,β-unsaturated/α-hetero) is 1. The van der Waals surface area contributed by atoms with Gasteiger partial charge in [0.15, 0.2) is 5.78 Å². The number of ketones is 1. The molecule has 0 saturated heterocycles. The molecule has 0 unspecified atom stereocenters. The first-order valence-corrected chi connectivity index (χ1v) is 7.64. The Morgan fingerprint density at radius 2 is 1.92 bits per heavy atom. The summed E-state index contributed by atoms with van der Waals surface area (Å²) in [6.45, 7) is 0. The van der Waals surface area contributed by atoms with Gasteiger partial charge in [-0.1, -0.05) is 24.3 Å². The van der Waals surface area contributed by atoms with Gasteiger partial charge in [0, 0.05) is 36.5 Å². The molecule has 6 heteroatoms. The topological polar surface area (TPSA) is 84.3 Å². The first-order chi connectivity index (χ1) is 11.6. The predicted octanol–water partition coefficient (Wildman–Crippen LogP) is 3.76. The van der Waals surface area contributed by atoms with Gasteiger partial charge in [-0.2, -0.15) is 0 Å². The van der Waals surface area contributed by atoms with Gasteiger partial charge in [-0.25, -0.2) is 0 Å². The van der Waals surface area contributed by atoms with Gasteiger partial charge in [0.05, 0.1) is 16.3 Å². The number of nitrogens with one attached hydrogen (secondary N) is 2. The van der Waals surface area contributed by atoms with Crippen LogP contribution in [-0.4, -0.2) is 17.8 Å². The van der Waals surface area contributed by atoms with Gasteiger partial charge in [0.1, 0.15) is 0 Å². The van der Waals surface area contributed by atoms with Gasteiger partial charge in [-0.3, -0.25) is 14.9 Å². The lowest BCUT2D eigenvalue weighted by Crippen LogP contribution is -2.15. The van der Waals surface area contributed by atoms with Crippen LogP contribution in [0.2, 0.25) is 0 Å². The van der Waals surface area contributed by atoms with E-state index in [1.165, 1.54) is 12.1 Å². The number of aryl methyl sites for hydroxylation is 1. The zero-order chi connectivity index (χ0) is 17.1. The van der Waals surface area contributed by atoms with Crippen molar-refractivity contribution < 1.29 is 9.72 Å². The largest absolute Gasteiger partial charge is 0.386 e. The third-order valence-electron chi connectivity index (χ3n) is 4.10. The Labute approximate surface area is 139 Å². The van der Waals surface area contributed by atoms with Crippen molar-refractivity contribution in [2.45, 2.75) is 12.8 Å². The molecule has 2 N–H and O–H groups in total. The summed E-state index contributed by atoms with van der Waals surface area (Å²) >= 11 is 0. The summed E-state index contributed by atoms with van der Waals surface area (Å²) in [5.41, 5.74) is 3.82. The van der Waals surface area contributed by atoms with Gasteiger partial charge in [-0.05, 0) is 24.5 Å². The number of nitrogens with zero attached hydrogens (tertiary/aromatic N) is 1. The minimum Gasteiger partial charge on any atom is -0.386 e. The first kappa shape index (κ1) is 15.7. The monoisotopic (exact) mass is 323 g/mol. The van der Waals surface area contributed by atoms with Gasteiger partial charge in [-0.15, -0.1) is 0 Å². The van der Waals surface area contributed by atoms with E-state index in [-0.39, 0.29) is 11.5 Å². The molecule has 24 heavy (non-hydrogen) atoms. The van der Waals surface area contributed by atoms with Crippen LogP contribution in [0.4, 0.5) is 17.1 Å². The molecular weight excluding hydrogens is 306 g/mol. The summed E-state index contributed by atoms with van der Waals surface area (Å²) in [5.74, 6) is 0.0252. The lowest BCUT2D eigenvalue weighted by Gasteiger charge is -2.17. The van der Waals surface area contributed by atoms with Crippen molar-refractivity contribution in [3.8, 4) is 0 Å². The predicted molar refractivity (Wildman–Crippen MR) is 93.4 cm³/mol. The molecule has 0 radical (unpaired) electrons. The second-order valence-electron chi connectivity index (χ2n) is 5.54. The Hall–Kier alpha value is -3.15. The number of nitro groups is 1. The van der Waals surface area contributed by atoms with Crippen LogP contribution >= 0.6 is 0 Å². The second-order valence-corrected chi connectivity index (χ2v) is 5.54. The zero-order valence-electron chi connectivity index (χ0n) is 13.2. The number of anilines is 2. The third kappa shape index (κ3) is 2.99. The molecular formula is C18H17N3O3.